The number of halogens is 2. The maximum absolute atomic E-state index is 13.0. The molecule has 0 fully saturated rings. The van der Waals surface area contributed by atoms with E-state index < -0.39 is 0 Å². The lowest BCUT2D eigenvalue weighted by atomic mass is 10.2. The SMILES string of the molecule is Cc1ccc(OCCCCNC(=O)c2ccc(F)cc2I)cc1. The van der Waals surface area contributed by atoms with Crippen LogP contribution >= 0.6 is 22.6 Å². The standard InChI is InChI=1S/C18H19FINO2/c1-13-4-7-15(8-5-13)23-11-3-2-10-21-18(22)16-9-6-14(19)12-17(16)20/h4-9,12H,2-3,10-11H2,1H3,(H,21,22). The van der Waals surface area contributed by atoms with Gasteiger partial charge in [0.1, 0.15) is 11.6 Å². The maximum atomic E-state index is 13.0. The minimum atomic E-state index is -0.334. The Hall–Kier alpha value is -1.63. The summed E-state index contributed by atoms with van der Waals surface area (Å²) in [6, 6.07) is 12.1. The highest BCUT2D eigenvalue weighted by Crippen LogP contribution is 2.14. The highest BCUT2D eigenvalue weighted by Gasteiger charge is 2.09. The van der Waals surface area contributed by atoms with Gasteiger partial charge in [-0.3, -0.25) is 4.79 Å². The van der Waals surface area contributed by atoms with E-state index in [0.29, 0.717) is 22.3 Å². The van der Waals surface area contributed by atoms with Gasteiger partial charge in [-0.15, -0.1) is 0 Å². The molecule has 122 valence electrons. The van der Waals surface area contributed by atoms with Crippen molar-refractivity contribution in [1.82, 2.24) is 5.32 Å². The van der Waals surface area contributed by atoms with Crippen molar-refractivity contribution in [2.75, 3.05) is 13.2 Å². The Bertz CT molecular complexity index is 659. The van der Waals surface area contributed by atoms with Gasteiger partial charge < -0.3 is 10.1 Å². The average Bonchev–Trinajstić information content (AvgIpc) is 2.52. The zero-order valence-electron chi connectivity index (χ0n) is 12.9. The predicted molar refractivity (Wildman–Crippen MR) is 97.4 cm³/mol. The van der Waals surface area contributed by atoms with E-state index in [-0.39, 0.29) is 11.7 Å². The van der Waals surface area contributed by atoms with Crippen molar-refractivity contribution in [3.63, 3.8) is 0 Å². The number of benzene rings is 2. The molecule has 1 amide bonds. The molecule has 0 aliphatic heterocycles. The van der Waals surface area contributed by atoms with Gasteiger partial charge in [-0.05, 0) is 72.7 Å². The van der Waals surface area contributed by atoms with Crippen LogP contribution in [0.4, 0.5) is 4.39 Å². The molecule has 5 heteroatoms. The number of nitrogens with one attached hydrogen (secondary N) is 1. The first-order chi connectivity index (χ1) is 11.1. The summed E-state index contributed by atoms with van der Waals surface area (Å²) in [5, 5.41) is 2.84. The number of carbonyl (C=O) groups excluding carboxylic acids is 1. The maximum Gasteiger partial charge on any atom is 0.252 e. The monoisotopic (exact) mass is 427 g/mol. The first-order valence-corrected chi connectivity index (χ1v) is 8.57. The normalized spacial score (nSPS) is 10.4. The van der Waals surface area contributed by atoms with Gasteiger partial charge in [-0.25, -0.2) is 4.39 Å². The van der Waals surface area contributed by atoms with E-state index in [0.717, 1.165) is 18.6 Å². The summed E-state index contributed by atoms with van der Waals surface area (Å²) >= 11 is 1.96. The van der Waals surface area contributed by atoms with Crippen molar-refractivity contribution < 1.29 is 13.9 Å². The number of aryl methyl sites for hydroxylation is 1. The number of ether oxygens (including phenoxy) is 1. The molecule has 23 heavy (non-hydrogen) atoms. The fraction of sp³-hybridized carbons (Fsp3) is 0.278. The average molecular weight is 427 g/mol. The topological polar surface area (TPSA) is 38.3 Å². The van der Waals surface area contributed by atoms with Crippen LogP contribution in [0, 0.1) is 16.3 Å². The molecule has 0 saturated carbocycles. The molecule has 1 N–H and O–H groups in total. The van der Waals surface area contributed by atoms with Crippen LogP contribution in [0.3, 0.4) is 0 Å². The van der Waals surface area contributed by atoms with Gasteiger partial charge in [-0.1, -0.05) is 17.7 Å². The second kappa shape index (κ2) is 8.86. The molecule has 0 atom stereocenters. The zero-order chi connectivity index (χ0) is 16.7. The smallest absolute Gasteiger partial charge is 0.252 e. The van der Waals surface area contributed by atoms with Crippen molar-refractivity contribution in [1.29, 1.82) is 0 Å². The molecule has 2 rings (SSSR count). The van der Waals surface area contributed by atoms with Crippen LogP contribution in [0.15, 0.2) is 42.5 Å². The molecule has 0 aromatic heterocycles. The molecule has 0 saturated heterocycles. The summed E-state index contributed by atoms with van der Waals surface area (Å²) in [5.74, 6) is 0.355. The van der Waals surface area contributed by atoms with Crippen LogP contribution in [-0.2, 0) is 0 Å². The summed E-state index contributed by atoms with van der Waals surface area (Å²) in [4.78, 5) is 12.0. The lowest BCUT2D eigenvalue weighted by Gasteiger charge is -2.08. The van der Waals surface area contributed by atoms with Crippen molar-refractivity contribution in [3.05, 3.63) is 63.0 Å². The summed E-state index contributed by atoms with van der Waals surface area (Å²) in [7, 11) is 0. The molecule has 0 bridgehead atoms. The van der Waals surface area contributed by atoms with E-state index in [9.17, 15) is 9.18 Å². The number of hydrogen-bond donors (Lipinski definition) is 1. The Morgan fingerprint density at radius 2 is 1.91 bits per heavy atom. The second-order valence-electron chi connectivity index (χ2n) is 5.25. The van der Waals surface area contributed by atoms with Crippen LogP contribution in [0.2, 0.25) is 0 Å². The Kier molecular flexibility index (Phi) is 6.83. The zero-order valence-corrected chi connectivity index (χ0v) is 15.1. The lowest BCUT2D eigenvalue weighted by molar-refractivity contribution is 0.0951. The van der Waals surface area contributed by atoms with Gasteiger partial charge in [0, 0.05) is 10.1 Å². The summed E-state index contributed by atoms with van der Waals surface area (Å²) in [6.45, 7) is 3.23. The largest absolute Gasteiger partial charge is 0.494 e. The minimum absolute atomic E-state index is 0.172. The van der Waals surface area contributed by atoms with Crippen molar-refractivity contribution in [2.24, 2.45) is 0 Å². The predicted octanol–water partition coefficient (Wildman–Crippen LogP) is 4.33. The van der Waals surface area contributed by atoms with Gasteiger partial charge in [-0.2, -0.15) is 0 Å². The molecule has 0 heterocycles. The summed E-state index contributed by atoms with van der Waals surface area (Å²) < 4.78 is 19.3. The first kappa shape index (κ1) is 17.7. The molecule has 0 unspecified atom stereocenters. The van der Waals surface area contributed by atoms with E-state index >= 15 is 0 Å². The van der Waals surface area contributed by atoms with Crippen LogP contribution in [0.5, 0.6) is 5.75 Å². The van der Waals surface area contributed by atoms with Crippen molar-refractivity contribution >= 4 is 28.5 Å². The third-order valence-electron chi connectivity index (χ3n) is 3.32. The van der Waals surface area contributed by atoms with Crippen LogP contribution < -0.4 is 10.1 Å². The second-order valence-corrected chi connectivity index (χ2v) is 6.41. The molecular formula is C18H19FINO2. The van der Waals surface area contributed by atoms with Crippen LogP contribution in [0.25, 0.3) is 0 Å². The summed E-state index contributed by atoms with van der Waals surface area (Å²) in [5.41, 5.74) is 1.71. The molecule has 0 aliphatic carbocycles. The van der Waals surface area contributed by atoms with Crippen LogP contribution in [-0.4, -0.2) is 19.1 Å². The molecule has 2 aromatic carbocycles. The number of unbranched alkanes of at least 4 members (excludes halogenated alkanes) is 1. The lowest BCUT2D eigenvalue weighted by Crippen LogP contribution is -2.25. The molecule has 0 radical (unpaired) electrons. The van der Waals surface area contributed by atoms with E-state index in [4.69, 9.17) is 4.74 Å². The van der Waals surface area contributed by atoms with E-state index in [2.05, 4.69) is 5.32 Å². The molecule has 2 aromatic rings. The third kappa shape index (κ3) is 5.82. The van der Waals surface area contributed by atoms with Gasteiger partial charge >= 0.3 is 0 Å². The molecule has 0 spiro atoms. The fourth-order valence-corrected chi connectivity index (χ4v) is 2.74. The Balaban J connectivity index is 1.65. The van der Waals surface area contributed by atoms with Gasteiger partial charge in [0.15, 0.2) is 0 Å². The molecular weight excluding hydrogens is 408 g/mol. The first-order valence-electron chi connectivity index (χ1n) is 7.49. The number of carbonyl (C=O) groups is 1. The van der Waals surface area contributed by atoms with Gasteiger partial charge in [0.25, 0.3) is 5.91 Å². The summed E-state index contributed by atoms with van der Waals surface area (Å²) in [6.07, 6.45) is 1.68. The van der Waals surface area contributed by atoms with E-state index in [1.165, 1.54) is 23.8 Å². The van der Waals surface area contributed by atoms with Crippen molar-refractivity contribution in [3.8, 4) is 5.75 Å². The fourth-order valence-electron chi connectivity index (χ4n) is 2.02. The minimum Gasteiger partial charge on any atom is -0.494 e. The number of rotatable bonds is 7. The third-order valence-corrected chi connectivity index (χ3v) is 4.21. The number of amides is 1. The van der Waals surface area contributed by atoms with Gasteiger partial charge in [0.2, 0.25) is 0 Å². The Morgan fingerprint density at radius 3 is 2.61 bits per heavy atom. The Morgan fingerprint density at radius 1 is 1.17 bits per heavy atom. The highest BCUT2D eigenvalue weighted by atomic mass is 127. The molecule has 0 aliphatic rings. The molecule has 3 nitrogen and oxygen atoms in total. The van der Waals surface area contributed by atoms with E-state index in [1.807, 2.05) is 53.8 Å². The van der Waals surface area contributed by atoms with Crippen LogP contribution in [0.1, 0.15) is 28.8 Å². The Labute approximate surface area is 149 Å². The van der Waals surface area contributed by atoms with Gasteiger partial charge in [0.05, 0.1) is 12.2 Å². The highest BCUT2D eigenvalue weighted by molar-refractivity contribution is 14.1. The number of hydrogen-bond acceptors (Lipinski definition) is 2. The van der Waals surface area contributed by atoms with Crippen molar-refractivity contribution in [2.45, 2.75) is 19.8 Å². The quantitative estimate of drug-likeness (QED) is 0.528. The van der Waals surface area contributed by atoms with E-state index in [1.54, 1.807) is 0 Å².